The molecule has 0 radical (unpaired) electrons. The highest BCUT2D eigenvalue weighted by Crippen LogP contribution is 1.72. The second kappa shape index (κ2) is 6.42. The van der Waals surface area contributed by atoms with Gasteiger partial charge >= 0.3 is 0 Å². The monoisotopic (exact) mass is 273 g/mol. The largest absolute Gasteiger partial charge is 0.538 e. The van der Waals surface area contributed by atoms with Crippen molar-refractivity contribution in [3.05, 3.63) is 10.6 Å². The van der Waals surface area contributed by atoms with Crippen LogP contribution in [0.2, 0.25) is 0 Å². The Morgan fingerprint density at radius 1 is 1.82 bits per heavy atom. The molecule has 8 heteroatoms. The Morgan fingerprint density at radius 2 is 2.45 bits per heavy atom. The maximum atomic E-state index is 10.8. The number of halogens is 1. The minimum Gasteiger partial charge on any atom is -0.538 e. The third-order valence-electron chi connectivity index (χ3n) is 0.769. The van der Waals surface area contributed by atoms with E-state index < -0.39 is 5.34 Å². The molecule has 0 saturated carbocycles. The quantitative estimate of drug-likeness (QED) is 0.263. The van der Waals surface area contributed by atoms with E-state index in [0.717, 1.165) is 0 Å². The van der Waals surface area contributed by atoms with Crippen molar-refractivity contribution < 1.29 is 15.4 Å². The van der Waals surface area contributed by atoms with Gasteiger partial charge in [-0.2, -0.15) is 8.32 Å². The Bertz CT molecular complexity index is 142. The highest BCUT2D eigenvalue weighted by atomic mass is 127. The fourth-order valence-electron chi connectivity index (χ4n) is 0.353. The van der Waals surface area contributed by atoms with Gasteiger partial charge in [-0.3, -0.25) is 0 Å². The Kier molecular flexibility index (Phi) is 6.25. The highest BCUT2D eigenvalue weighted by Gasteiger charge is 2.02. The van der Waals surface area contributed by atoms with Gasteiger partial charge in [-0.15, -0.1) is 12.0 Å². The number of rotatable bonds is 5. The van der Waals surface area contributed by atoms with Crippen LogP contribution < -0.4 is 10.5 Å². The zero-order chi connectivity index (χ0) is 8.69. The molecule has 0 rings (SSSR count). The first-order valence-corrected chi connectivity index (χ1v) is 3.51. The minimum atomic E-state index is -0.664. The van der Waals surface area contributed by atoms with Crippen LogP contribution in [0.3, 0.4) is 0 Å². The van der Waals surface area contributed by atoms with Gasteiger partial charge in [-0.1, -0.05) is 0 Å². The van der Waals surface area contributed by atoms with Crippen molar-refractivity contribution in [1.29, 1.82) is 0 Å². The van der Waals surface area contributed by atoms with Crippen molar-refractivity contribution in [1.82, 2.24) is 0 Å². The number of oxime groups is 1. The van der Waals surface area contributed by atoms with E-state index in [2.05, 4.69) is 25.4 Å². The maximum Gasteiger partial charge on any atom is 0.235 e. The molecule has 0 spiro atoms. The van der Waals surface area contributed by atoms with Gasteiger partial charge in [0.15, 0.2) is 0 Å². The summed E-state index contributed by atoms with van der Waals surface area (Å²) in [6.45, 7) is 2.98. The smallest absolute Gasteiger partial charge is 0.235 e. The molecule has 0 aromatic heterocycles. The zero-order valence-corrected chi connectivity index (χ0v) is 7.98. The Hall–Kier alpha value is -0.290. The average molecular weight is 273 g/mol. The van der Waals surface area contributed by atoms with Gasteiger partial charge in [0.2, 0.25) is 6.34 Å². The van der Waals surface area contributed by atoms with Gasteiger partial charge in [0.25, 0.3) is 0 Å². The molecule has 2 unspecified atom stereocenters. The second-order valence-corrected chi connectivity index (χ2v) is 1.90. The lowest BCUT2D eigenvalue weighted by atomic mass is 11.2. The van der Waals surface area contributed by atoms with Crippen LogP contribution in [0.25, 0.3) is 5.43 Å². The molecule has 0 aliphatic carbocycles. The molecule has 64 valence electrons. The molecule has 0 amide bonds. The van der Waals surface area contributed by atoms with E-state index in [-0.39, 0.29) is 5.12 Å². The van der Waals surface area contributed by atoms with Crippen molar-refractivity contribution in [3.63, 3.8) is 0 Å². The molecule has 0 heterocycles. The average Bonchev–Trinajstić information content (AvgIpc) is 2.00. The van der Waals surface area contributed by atoms with Crippen molar-refractivity contribution in [2.24, 2.45) is 8.36 Å². The molecule has 11 heavy (non-hydrogen) atoms. The van der Waals surface area contributed by atoms with Gasteiger partial charge in [0, 0.05) is 6.72 Å². The van der Waals surface area contributed by atoms with Crippen LogP contribution in [0.4, 0.5) is 0 Å². The summed E-state index contributed by atoms with van der Waals surface area (Å²) >= 11 is 1.72. The van der Waals surface area contributed by atoms with E-state index in [4.69, 9.17) is 0 Å². The van der Waals surface area contributed by atoms with E-state index in [1.165, 1.54) is 13.4 Å². The van der Waals surface area contributed by atoms with Gasteiger partial charge in [-0.25, -0.2) is 0 Å². The van der Waals surface area contributed by atoms with E-state index >= 15 is 0 Å². The Labute approximate surface area is 77.7 Å². The summed E-state index contributed by atoms with van der Waals surface area (Å²) in [7, 11) is 1.46. The molecule has 0 aromatic rings. The minimum absolute atomic E-state index is 0.104. The van der Waals surface area contributed by atoms with Crippen LogP contribution in [-0.2, 0) is 4.94 Å². The molecule has 7 nitrogen and oxygen atoms in total. The number of hydrogen-bond acceptors (Lipinski definition) is 4. The van der Waals surface area contributed by atoms with Crippen molar-refractivity contribution in [3.8, 4) is 0 Å². The highest BCUT2D eigenvalue weighted by molar-refractivity contribution is 14.1. The van der Waals surface area contributed by atoms with Gasteiger partial charge < -0.3 is 10.6 Å². The Morgan fingerprint density at radius 3 is 2.82 bits per heavy atom. The molecule has 0 saturated heterocycles. The van der Waals surface area contributed by atoms with Crippen LogP contribution in [0.1, 0.15) is 0 Å². The topological polar surface area (TPSA) is 80.0 Å². The normalized spacial score (nSPS) is 16.3. The first kappa shape index (κ1) is 10.7. The van der Waals surface area contributed by atoms with Crippen molar-refractivity contribution in [2.75, 3.05) is 7.05 Å². The predicted molar refractivity (Wildman–Crippen MR) is 47.7 cm³/mol. The Balaban J connectivity index is 3.90. The molecule has 0 aliphatic rings. The third-order valence-corrected chi connectivity index (χ3v) is 1.05. The molecule has 2 atom stereocenters. The molecule has 0 fully saturated rings. The summed E-state index contributed by atoms with van der Waals surface area (Å²) in [5.74, 6) is 0. The van der Waals surface area contributed by atoms with Crippen molar-refractivity contribution >= 4 is 35.9 Å². The van der Waals surface area contributed by atoms with Crippen LogP contribution in [0, 0.1) is 5.21 Å². The SMILES string of the molecule is C=NO[NH+]([O-])[NH+](C=NI)[N-]C. The van der Waals surface area contributed by atoms with E-state index in [9.17, 15) is 5.21 Å². The molecule has 0 aromatic carbocycles. The standard InChI is InChI=1S/C3H8IN5O2/c1-5-8(3-7-4)9(10)11-6-2/h3,8-9H,2H2,1H3. The van der Waals surface area contributed by atoms with Gasteiger partial charge in [0.1, 0.15) is 0 Å². The molecular weight excluding hydrogens is 265 g/mol. The van der Waals surface area contributed by atoms with Crippen LogP contribution in [-0.4, -0.2) is 20.1 Å². The number of hydrogen-bond donors (Lipinski definition) is 2. The lowest BCUT2D eigenvalue weighted by Crippen LogP contribution is -3.55. The zero-order valence-electron chi connectivity index (χ0n) is 5.82. The summed E-state index contributed by atoms with van der Waals surface area (Å²) in [4.78, 5) is 4.20. The van der Waals surface area contributed by atoms with Gasteiger partial charge in [0.05, 0.1) is 22.9 Å². The van der Waals surface area contributed by atoms with Crippen molar-refractivity contribution in [2.45, 2.75) is 0 Å². The van der Waals surface area contributed by atoms with Crippen LogP contribution in [0.5, 0.6) is 0 Å². The summed E-state index contributed by atoms with van der Waals surface area (Å²) in [5.41, 5.74) is 3.60. The number of nitrogens with one attached hydrogen (secondary N) is 2. The number of quaternary nitrogens is 2. The fourth-order valence-corrected chi connectivity index (χ4v) is 0.617. The first-order valence-electron chi connectivity index (χ1n) is 2.54. The molecule has 0 bridgehead atoms. The molecule has 2 N–H and O–H groups in total. The van der Waals surface area contributed by atoms with Crippen LogP contribution >= 0.6 is 22.9 Å². The van der Waals surface area contributed by atoms with E-state index in [1.54, 1.807) is 22.9 Å². The molecule has 0 aliphatic heterocycles. The lowest BCUT2D eigenvalue weighted by molar-refractivity contribution is -1.51. The summed E-state index contributed by atoms with van der Waals surface area (Å²) in [6.07, 6.45) is 1.27. The maximum absolute atomic E-state index is 10.8. The van der Waals surface area contributed by atoms with Crippen LogP contribution in [0.15, 0.2) is 8.36 Å². The summed E-state index contributed by atoms with van der Waals surface area (Å²) in [5, 5.41) is 13.2. The fraction of sp³-hybridized carbons (Fsp3) is 0.333. The lowest BCUT2D eigenvalue weighted by Gasteiger charge is -2.27. The summed E-state index contributed by atoms with van der Waals surface area (Å²) in [6, 6.07) is 0. The van der Waals surface area contributed by atoms with Gasteiger partial charge in [-0.05, 0) is 10.5 Å². The third kappa shape index (κ3) is 4.21. The second-order valence-electron chi connectivity index (χ2n) is 1.34. The van der Waals surface area contributed by atoms with E-state index in [0.29, 0.717) is 0 Å². The summed E-state index contributed by atoms with van der Waals surface area (Å²) < 4.78 is 3.56. The van der Waals surface area contributed by atoms with E-state index in [1.807, 2.05) is 0 Å². The molecular formula is C3H8IN5O2. The first-order chi connectivity index (χ1) is 5.26. The predicted octanol–water partition coefficient (Wildman–Crippen LogP) is -1.99. The number of nitrogens with zero attached hydrogens (tertiary/aromatic N) is 3.